The Morgan fingerprint density at radius 2 is 2.00 bits per heavy atom. The number of rotatable bonds is 2. The lowest BCUT2D eigenvalue weighted by atomic mass is 9.78. The Kier molecular flexibility index (Phi) is 2.93. The average molecular weight is 282 g/mol. The first-order valence-corrected chi connectivity index (χ1v) is 7.52. The van der Waals surface area contributed by atoms with Gasteiger partial charge in [0.1, 0.15) is 12.1 Å². The summed E-state index contributed by atoms with van der Waals surface area (Å²) in [6.45, 7) is 2.78. The Labute approximate surface area is 123 Å². The van der Waals surface area contributed by atoms with E-state index >= 15 is 0 Å². The van der Waals surface area contributed by atoms with Crippen molar-refractivity contribution in [2.24, 2.45) is 0 Å². The molecule has 0 N–H and O–H groups in total. The van der Waals surface area contributed by atoms with Gasteiger partial charge in [-0.05, 0) is 49.6 Å². The molecule has 3 heterocycles. The molecular formula is C17H18N2O2. The quantitative estimate of drug-likeness (QED) is 0.794. The zero-order valence-electron chi connectivity index (χ0n) is 11.9. The van der Waals surface area contributed by atoms with Crippen LogP contribution >= 0.6 is 0 Å². The molecule has 1 aromatic carbocycles. The van der Waals surface area contributed by atoms with E-state index in [0.29, 0.717) is 5.56 Å². The Morgan fingerprint density at radius 1 is 1.14 bits per heavy atom. The van der Waals surface area contributed by atoms with Gasteiger partial charge in [0.05, 0.1) is 5.52 Å². The first-order valence-electron chi connectivity index (χ1n) is 7.52. The topological polar surface area (TPSA) is 42.4 Å². The minimum absolute atomic E-state index is 0.266. The average Bonchev–Trinajstić information content (AvgIpc) is 2.54. The van der Waals surface area contributed by atoms with Crippen molar-refractivity contribution >= 4 is 23.0 Å². The SMILES string of the molecule is O=Cc1ccc2nc(N3CCC34CCOCC4)ccc2c1. The van der Waals surface area contributed by atoms with Crippen LogP contribution in [0.1, 0.15) is 29.6 Å². The van der Waals surface area contributed by atoms with Crippen molar-refractivity contribution in [3.8, 4) is 0 Å². The molecule has 2 aromatic rings. The molecule has 0 radical (unpaired) electrons. The highest BCUT2D eigenvalue weighted by Crippen LogP contribution is 2.42. The number of fused-ring (bicyclic) bond motifs is 1. The van der Waals surface area contributed by atoms with Gasteiger partial charge in [-0.2, -0.15) is 0 Å². The van der Waals surface area contributed by atoms with E-state index in [1.54, 1.807) is 0 Å². The third kappa shape index (κ3) is 2.02. The summed E-state index contributed by atoms with van der Waals surface area (Å²) in [7, 11) is 0. The molecule has 108 valence electrons. The molecule has 0 unspecified atom stereocenters. The van der Waals surface area contributed by atoms with Gasteiger partial charge in [0.15, 0.2) is 0 Å². The van der Waals surface area contributed by atoms with Crippen molar-refractivity contribution in [3.05, 3.63) is 35.9 Å². The number of hydrogen-bond donors (Lipinski definition) is 0. The number of nitrogens with zero attached hydrogens (tertiary/aromatic N) is 2. The Morgan fingerprint density at radius 3 is 2.71 bits per heavy atom. The lowest BCUT2D eigenvalue weighted by Crippen LogP contribution is -2.62. The summed E-state index contributed by atoms with van der Waals surface area (Å²) in [5.74, 6) is 1.05. The van der Waals surface area contributed by atoms with E-state index in [1.807, 2.05) is 18.2 Å². The second kappa shape index (κ2) is 4.81. The smallest absolute Gasteiger partial charge is 0.150 e. The van der Waals surface area contributed by atoms with Gasteiger partial charge in [-0.15, -0.1) is 0 Å². The molecule has 4 heteroatoms. The van der Waals surface area contributed by atoms with Gasteiger partial charge < -0.3 is 9.64 Å². The summed E-state index contributed by atoms with van der Waals surface area (Å²) in [5, 5.41) is 1.02. The van der Waals surface area contributed by atoms with Crippen molar-refractivity contribution in [1.82, 2.24) is 4.98 Å². The van der Waals surface area contributed by atoms with E-state index in [1.165, 1.54) is 6.42 Å². The number of aromatic nitrogens is 1. The van der Waals surface area contributed by atoms with Crippen LogP contribution in [0.3, 0.4) is 0 Å². The van der Waals surface area contributed by atoms with E-state index in [9.17, 15) is 4.79 Å². The first kappa shape index (κ1) is 12.8. The Balaban J connectivity index is 1.69. The van der Waals surface area contributed by atoms with E-state index in [-0.39, 0.29) is 5.54 Å². The van der Waals surface area contributed by atoms with Crippen LogP contribution in [0.5, 0.6) is 0 Å². The number of carbonyl (C=O) groups is 1. The fourth-order valence-electron chi connectivity index (χ4n) is 3.53. The van der Waals surface area contributed by atoms with Crippen molar-refractivity contribution in [3.63, 3.8) is 0 Å². The maximum atomic E-state index is 10.8. The van der Waals surface area contributed by atoms with Gasteiger partial charge in [0, 0.05) is 36.2 Å². The fourth-order valence-corrected chi connectivity index (χ4v) is 3.53. The van der Waals surface area contributed by atoms with E-state index < -0.39 is 0 Å². The monoisotopic (exact) mass is 282 g/mol. The molecule has 0 bridgehead atoms. The molecule has 1 aromatic heterocycles. The number of aldehydes is 1. The summed E-state index contributed by atoms with van der Waals surface area (Å²) in [6, 6.07) is 9.79. The summed E-state index contributed by atoms with van der Waals surface area (Å²) in [6.07, 6.45) is 4.30. The number of hydrogen-bond acceptors (Lipinski definition) is 4. The number of carbonyl (C=O) groups excluding carboxylic acids is 1. The maximum absolute atomic E-state index is 10.8. The number of benzene rings is 1. The van der Waals surface area contributed by atoms with E-state index in [2.05, 4.69) is 17.0 Å². The highest BCUT2D eigenvalue weighted by atomic mass is 16.5. The van der Waals surface area contributed by atoms with Crippen LogP contribution in [0.25, 0.3) is 10.9 Å². The molecule has 2 aliphatic heterocycles. The van der Waals surface area contributed by atoms with Crippen LogP contribution in [0.2, 0.25) is 0 Å². The molecule has 2 saturated heterocycles. The number of pyridine rings is 1. The Bertz CT molecular complexity index is 692. The van der Waals surface area contributed by atoms with Gasteiger partial charge in [0.2, 0.25) is 0 Å². The highest BCUT2D eigenvalue weighted by molar-refractivity contribution is 5.87. The first-order chi connectivity index (χ1) is 10.3. The normalized spacial score (nSPS) is 20.5. The fraction of sp³-hybridized carbons (Fsp3) is 0.412. The number of ether oxygens (including phenoxy) is 1. The van der Waals surface area contributed by atoms with Gasteiger partial charge in [-0.1, -0.05) is 0 Å². The highest BCUT2D eigenvalue weighted by Gasteiger charge is 2.46. The predicted octanol–water partition coefficient (Wildman–Crippen LogP) is 2.81. The van der Waals surface area contributed by atoms with Crippen LogP contribution in [-0.2, 0) is 4.74 Å². The zero-order valence-corrected chi connectivity index (χ0v) is 11.9. The molecule has 2 fully saturated rings. The maximum Gasteiger partial charge on any atom is 0.150 e. The molecule has 4 nitrogen and oxygen atoms in total. The third-order valence-electron chi connectivity index (χ3n) is 4.91. The van der Waals surface area contributed by atoms with Crippen molar-refractivity contribution in [1.29, 1.82) is 0 Å². The van der Waals surface area contributed by atoms with Crippen LogP contribution < -0.4 is 4.90 Å². The van der Waals surface area contributed by atoms with Crippen LogP contribution in [-0.4, -0.2) is 36.6 Å². The molecule has 0 atom stereocenters. The summed E-state index contributed by atoms with van der Waals surface area (Å²) in [5.41, 5.74) is 1.91. The number of anilines is 1. The van der Waals surface area contributed by atoms with Crippen molar-refractivity contribution in [2.45, 2.75) is 24.8 Å². The Hall–Kier alpha value is -1.94. The molecule has 0 amide bonds. The van der Waals surface area contributed by atoms with Crippen LogP contribution in [0.15, 0.2) is 30.3 Å². The molecule has 0 saturated carbocycles. The van der Waals surface area contributed by atoms with Gasteiger partial charge in [-0.3, -0.25) is 4.79 Å². The largest absolute Gasteiger partial charge is 0.381 e. The second-order valence-corrected chi connectivity index (χ2v) is 5.98. The minimum Gasteiger partial charge on any atom is -0.381 e. The van der Waals surface area contributed by atoms with Gasteiger partial charge in [0.25, 0.3) is 0 Å². The standard InChI is InChI=1S/C17H18N2O2/c20-12-13-1-3-15-14(11-13)2-4-16(18-15)19-8-5-17(19)6-9-21-10-7-17/h1-4,11-12H,5-10H2. The molecule has 21 heavy (non-hydrogen) atoms. The summed E-state index contributed by atoms with van der Waals surface area (Å²) >= 11 is 0. The molecule has 1 spiro atoms. The second-order valence-electron chi connectivity index (χ2n) is 5.98. The molecule has 4 rings (SSSR count). The van der Waals surface area contributed by atoms with Crippen LogP contribution in [0.4, 0.5) is 5.82 Å². The summed E-state index contributed by atoms with van der Waals surface area (Å²) < 4.78 is 5.50. The minimum atomic E-state index is 0.266. The zero-order chi connectivity index (χ0) is 14.3. The van der Waals surface area contributed by atoms with E-state index in [4.69, 9.17) is 9.72 Å². The lowest BCUT2D eigenvalue weighted by molar-refractivity contribution is 0.0285. The molecule has 0 aliphatic carbocycles. The van der Waals surface area contributed by atoms with Crippen molar-refractivity contribution < 1.29 is 9.53 Å². The van der Waals surface area contributed by atoms with Crippen molar-refractivity contribution in [2.75, 3.05) is 24.7 Å². The predicted molar refractivity (Wildman–Crippen MR) is 81.9 cm³/mol. The van der Waals surface area contributed by atoms with Crippen LogP contribution in [0, 0.1) is 0 Å². The summed E-state index contributed by atoms with van der Waals surface area (Å²) in [4.78, 5) is 18.1. The van der Waals surface area contributed by atoms with Gasteiger partial charge >= 0.3 is 0 Å². The van der Waals surface area contributed by atoms with E-state index in [0.717, 1.165) is 55.6 Å². The molecule has 2 aliphatic rings. The third-order valence-corrected chi connectivity index (χ3v) is 4.91. The molecular weight excluding hydrogens is 264 g/mol. The van der Waals surface area contributed by atoms with Gasteiger partial charge in [-0.25, -0.2) is 4.98 Å². The lowest BCUT2D eigenvalue weighted by Gasteiger charge is -2.55.